The van der Waals surface area contributed by atoms with Crippen LogP contribution in [0.2, 0.25) is 0 Å². The zero-order chi connectivity index (χ0) is 13.8. The summed E-state index contributed by atoms with van der Waals surface area (Å²) >= 11 is 0. The van der Waals surface area contributed by atoms with E-state index >= 15 is 0 Å². The second kappa shape index (κ2) is 10.4. The summed E-state index contributed by atoms with van der Waals surface area (Å²) < 4.78 is 0. The topological polar surface area (TPSA) is 63.3 Å². The van der Waals surface area contributed by atoms with E-state index < -0.39 is 0 Å². The normalized spacial score (nSPS) is 11.5. The van der Waals surface area contributed by atoms with E-state index in [0.717, 1.165) is 18.7 Å². The van der Waals surface area contributed by atoms with Crippen LogP contribution in [0.15, 0.2) is 29.4 Å². The number of guanidine groups is 1. The fourth-order valence-corrected chi connectivity index (χ4v) is 1.84. The highest BCUT2D eigenvalue weighted by Gasteiger charge is 1.94. The van der Waals surface area contributed by atoms with Gasteiger partial charge in [0.25, 0.3) is 0 Å². The number of aromatic nitrogens is 1. The Balaban J connectivity index is 2.05. The summed E-state index contributed by atoms with van der Waals surface area (Å²) in [5, 5.41) is 3.14. The lowest BCUT2D eigenvalue weighted by Gasteiger charge is -2.05. The number of pyridine rings is 1. The van der Waals surface area contributed by atoms with Crippen molar-refractivity contribution in [1.29, 1.82) is 0 Å². The molecule has 1 aromatic heterocycles. The lowest BCUT2D eigenvalue weighted by atomic mass is 10.1. The summed E-state index contributed by atoms with van der Waals surface area (Å²) in [4.78, 5) is 8.46. The highest BCUT2D eigenvalue weighted by molar-refractivity contribution is 5.77. The van der Waals surface area contributed by atoms with Crippen LogP contribution in [0.5, 0.6) is 0 Å². The quantitative estimate of drug-likeness (QED) is 0.408. The van der Waals surface area contributed by atoms with Crippen molar-refractivity contribution in [3.63, 3.8) is 0 Å². The molecule has 4 heteroatoms. The molecule has 1 rings (SSSR count). The van der Waals surface area contributed by atoms with Crippen molar-refractivity contribution in [2.75, 3.05) is 6.54 Å². The number of nitrogens with one attached hydrogen (secondary N) is 1. The number of nitrogens with zero attached hydrogens (tertiary/aromatic N) is 2. The van der Waals surface area contributed by atoms with Gasteiger partial charge in [-0.15, -0.1) is 0 Å². The number of aliphatic imine (C=N–C) groups is 1. The molecular weight excluding hydrogens is 236 g/mol. The fraction of sp³-hybridized carbons (Fsp3) is 0.600. The van der Waals surface area contributed by atoms with E-state index in [-0.39, 0.29) is 0 Å². The molecule has 0 amide bonds. The van der Waals surface area contributed by atoms with Gasteiger partial charge in [-0.05, 0) is 18.6 Å². The molecule has 0 saturated carbocycles. The summed E-state index contributed by atoms with van der Waals surface area (Å²) in [5.74, 6) is 0.513. The Kier molecular flexibility index (Phi) is 8.43. The lowest BCUT2D eigenvalue weighted by Crippen LogP contribution is -2.32. The van der Waals surface area contributed by atoms with Gasteiger partial charge in [-0.25, -0.2) is 4.99 Å². The van der Waals surface area contributed by atoms with Crippen LogP contribution in [0.1, 0.15) is 51.1 Å². The van der Waals surface area contributed by atoms with E-state index in [0.29, 0.717) is 12.5 Å². The van der Waals surface area contributed by atoms with Crippen LogP contribution in [-0.2, 0) is 6.54 Å². The van der Waals surface area contributed by atoms with E-state index in [1.54, 1.807) is 6.20 Å². The van der Waals surface area contributed by atoms with Crippen LogP contribution >= 0.6 is 0 Å². The Bertz CT molecular complexity index is 348. The molecule has 0 fully saturated rings. The molecule has 0 aromatic carbocycles. The maximum Gasteiger partial charge on any atom is 0.188 e. The van der Waals surface area contributed by atoms with Gasteiger partial charge in [0.1, 0.15) is 0 Å². The molecular formula is C15H26N4. The fourth-order valence-electron chi connectivity index (χ4n) is 1.84. The molecule has 1 heterocycles. The van der Waals surface area contributed by atoms with Gasteiger partial charge in [0.15, 0.2) is 5.96 Å². The van der Waals surface area contributed by atoms with Gasteiger partial charge < -0.3 is 11.1 Å². The number of hydrogen-bond acceptors (Lipinski definition) is 2. The SMILES string of the molecule is CCCCCCCCNC(N)=NCc1ccccn1. The van der Waals surface area contributed by atoms with Crippen LogP contribution in [0.4, 0.5) is 0 Å². The number of hydrogen-bond donors (Lipinski definition) is 2. The van der Waals surface area contributed by atoms with Crippen molar-refractivity contribution in [3.8, 4) is 0 Å². The molecule has 0 saturated heterocycles. The largest absolute Gasteiger partial charge is 0.370 e. The van der Waals surface area contributed by atoms with E-state index in [4.69, 9.17) is 5.73 Å². The van der Waals surface area contributed by atoms with Gasteiger partial charge in [-0.1, -0.05) is 45.1 Å². The average molecular weight is 262 g/mol. The molecule has 0 unspecified atom stereocenters. The van der Waals surface area contributed by atoms with Gasteiger partial charge in [0.2, 0.25) is 0 Å². The molecule has 19 heavy (non-hydrogen) atoms. The zero-order valence-electron chi connectivity index (χ0n) is 11.9. The maximum absolute atomic E-state index is 5.80. The first-order chi connectivity index (χ1) is 9.33. The monoisotopic (exact) mass is 262 g/mol. The minimum atomic E-state index is 0.513. The van der Waals surface area contributed by atoms with Crippen molar-refractivity contribution in [3.05, 3.63) is 30.1 Å². The van der Waals surface area contributed by atoms with Crippen LogP contribution < -0.4 is 11.1 Å². The van der Waals surface area contributed by atoms with Crippen LogP contribution in [0.25, 0.3) is 0 Å². The first-order valence-electron chi connectivity index (χ1n) is 7.26. The third kappa shape index (κ3) is 8.19. The molecule has 3 N–H and O–H groups in total. The predicted molar refractivity (Wildman–Crippen MR) is 80.9 cm³/mol. The minimum absolute atomic E-state index is 0.513. The Morgan fingerprint density at radius 2 is 2.00 bits per heavy atom. The number of nitrogens with two attached hydrogens (primary N) is 1. The molecule has 0 spiro atoms. The van der Waals surface area contributed by atoms with Crippen molar-refractivity contribution in [2.45, 2.75) is 52.0 Å². The third-order valence-corrected chi connectivity index (χ3v) is 2.97. The Morgan fingerprint density at radius 1 is 1.21 bits per heavy atom. The molecule has 0 aliphatic rings. The second-order valence-corrected chi connectivity index (χ2v) is 4.72. The smallest absolute Gasteiger partial charge is 0.188 e. The van der Waals surface area contributed by atoms with Crippen LogP contribution in [0.3, 0.4) is 0 Å². The summed E-state index contributed by atoms with van der Waals surface area (Å²) in [6, 6.07) is 5.80. The molecule has 106 valence electrons. The second-order valence-electron chi connectivity index (χ2n) is 4.72. The molecule has 4 nitrogen and oxygen atoms in total. The van der Waals surface area contributed by atoms with Crippen LogP contribution in [0, 0.1) is 0 Å². The summed E-state index contributed by atoms with van der Waals surface area (Å²) in [6.07, 6.45) is 9.50. The lowest BCUT2D eigenvalue weighted by molar-refractivity contribution is 0.601. The molecule has 1 aromatic rings. The van der Waals surface area contributed by atoms with E-state index in [2.05, 4.69) is 22.2 Å². The van der Waals surface area contributed by atoms with Gasteiger partial charge >= 0.3 is 0 Å². The number of unbranched alkanes of at least 4 members (excludes halogenated alkanes) is 5. The Hall–Kier alpha value is -1.58. The van der Waals surface area contributed by atoms with E-state index in [1.807, 2.05) is 18.2 Å². The molecule has 0 aliphatic carbocycles. The molecule has 0 atom stereocenters. The Labute approximate surface area is 116 Å². The molecule has 0 bridgehead atoms. The van der Waals surface area contributed by atoms with Gasteiger partial charge in [0.05, 0.1) is 12.2 Å². The van der Waals surface area contributed by atoms with Crippen LogP contribution in [-0.4, -0.2) is 17.5 Å². The molecule has 0 radical (unpaired) electrons. The van der Waals surface area contributed by atoms with Gasteiger partial charge in [-0.3, -0.25) is 4.98 Å². The maximum atomic E-state index is 5.80. The highest BCUT2D eigenvalue weighted by Crippen LogP contribution is 2.03. The van der Waals surface area contributed by atoms with Gasteiger partial charge in [0, 0.05) is 12.7 Å². The summed E-state index contributed by atoms with van der Waals surface area (Å²) in [6.45, 7) is 3.68. The minimum Gasteiger partial charge on any atom is -0.370 e. The summed E-state index contributed by atoms with van der Waals surface area (Å²) in [7, 11) is 0. The number of rotatable bonds is 9. The molecule has 0 aliphatic heterocycles. The zero-order valence-corrected chi connectivity index (χ0v) is 11.9. The van der Waals surface area contributed by atoms with Crippen molar-refractivity contribution in [1.82, 2.24) is 10.3 Å². The average Bonchev–Trinajstić information content (AvgIpc) is 2.45. The van der Waals surface area contributed by atoms with Crippen molar-refractivity contribution < 1.29 is 0 Å². The van der Waals surface area contributed by atoms with Crippen molar-refractivity contribution in [2.24, 2.45) is 10.7 Å². The predicted octanol–water partition coefficient (Wildman–Crippen LogP) is 2.85. The first kappa shape index (κ1) is 15.5. The van der Waals surface area contributed by atoms with Crippen molar-refractivity contribution >= 4 is 5.96 Å². The van der Waals surface area contributed by atoms with E-state index in [1.165, 1.54) is 32.1 Å². The van der Waals surface area contributed by atoms with E-state index in [9.17, 15) is 0 Å². The summed E-state index contributed by atoms with van der Waals surface area (Å²) in [5.41, 5.74) is 6.73. The first-order valence-corrected chi connectivity index (χ1v) is 7.26. The standard InChI is InChI=1S/C15H26N4/c1-2-3-4-5-6-8-12-18-15(16)19-13-14-10-7-9-11-17-14/h7,9-11H,2-6,8,12-13H2,1H3,(H3,16,18,19). The Morgan fingerprint density at radius 3 is 2.74 bits per heavy atom. The highest BCUT2D eigenvalue weighted by atomic mass is 15.1. The third-order valence-electron chi connectivity index (χ3n) is 2.97. The van der Waals surface area contributed by atoms with Gasteiger partial charge in [-0.2, -0.15) is 0 Å².